The predicted molar refractivity (Wildman–Crippen MR) is 56.0 cm³/mol. The van der Waals surface area contributed by atoms with E-state index in [9.17, 15) is 9.59 Å². The number of amides is 2. The summed E-state index contributed by atoms with van der Waals surface area (Å²) in [6.07, 6.45) is 2.08. The van der Waals surface area contributed by atoms with Crippen molar-refractivity contribution in [2.45, 2.75) is 45.2 Å². The first-order chi connectivity index (χ1) is 6.95. The van der Waals surface area contributed by atoms with Gasteiger partial charge in [-0.1, -0.05) is 13.8 Å². The Hall–Kier alpha value is -1.06. The summed E-state index contributed by atoms with van der Waals surface area (Å²) in [5.74, 6) is 0.398. The van der Waals surface area contributed by atoms with E-state index in [0.717, 1.165) is 12.8 Å². The Balaban J connectivity index is 2.16. The largest absolute Gasteiger partial charge is 0.342 e. The Labute approximate surface area is 89.8 Å². The molecule has 2 amide bonds. The summed E-state index contributed by atoms with van der Waals surface area (Å²) in [6.45, 7) is 5.70. The summed E-state index contributed by atoms with van der Waals surface area (Å²) < 4.78 is 0. The highest BCUT2D eigenvalue weighted by Gasteiger charge is 2.52. The third-order valence-corrected chi connectivity index (χ3v) is 3.48. The Kier molecular flexibility index (Phi) is 2.24. The Bertz CT molecular complexity index is 310. The molecule has 2 atom stereocenters. The van der Waals surface area contributed by atoms with Gasteiger partial charge in [0.25, 0.3) is 0 Å². The first-order valence-electron chi connectivity index (χ1n) is 5.58. The minimum Gasteiger partial charge on any atom is -0.342 e. The third-order valence-electron chi connectivity index (χ3n) is 3.48. The smallest absolute Gasteiger partial charge is 0.246 e. The van der Waals surface area contributed by atoms with E-state index in [1.807, 2.05) is 20.8 Å². The molecule has 1 heterocycles. The SMILES string of the molecule is CC(C)C1NC(=O)C(C)(C2CC2)NC1=O. The second kappa shape index (κ2) is 3.22. The van der Waals surface area contributed by atoms with Gasteiger partial charge in [-0.3, -0.25) is 9.59 Å². The molecule has 0 aromatic carbocycles. The van der Waals surface area contributed by atoms with Crippen LogP contribution in [0.25, 0.3) is 0 Å². The van der Waals surface area contributed by atoms with Gasteiger partial charge in [0.15, 0.2) is 0 Å². The molecule has 2 N–H and O–H groups in total. The average molecular weight is 210 g/mol. The molecular formula is C11H18N2O2. The average Bonchev–Trinajstić information content (AvgIpc) is 2.93. The normalized spacial score (nSPS) is 36.4. The molecule has 1 aliphatic carbocycles. The molecule has 2 rings (SSSR count). The van der Waals surface area contributed by atoms with Gasteiger partial charge in [-0.05, 0) is 31.6 Å². The van der Waals surface area contributed by atoms with Gasteiger partial charge >= 0.3 is 0 Å². The molecular weight excluding hydrogens is 192 g/mol. The van der Waals surface area contributed by atoms with Gasteiger partial charge in [0, 0.05) is 0 Å². The molecule has 0 aromatic heterocycles. The molecule has 84 valence electrons. The summed E-state index contributed by atoms with van der Waals surface area (Å²) >= 11 is 0. The van der Waals surface area contributed by atoms with Gasteiger partial charge in [-0.25, -0.2) is 0 Å². The van der Waals surface area contributed by atoms with E-state index in [0.29, 0.717) is 5.92 Å². The fourth-order valence-corrected chi connectivity index (χ4v) is 2.16. The van der Waals surface area contributed by atoms with Crippen molar-refractivity contribution in [3.05, 3.63) is 0 Å². The second-order valence-electron chi connectivity index (χ2n) is 5.16. The zero-order valence-corrected chi connectivity index (χ0v) is 9.46. The van der Waals surface area contributed by atoms with Crippen LogP contribution in [0, 0.1) is 11.8 Å². The lowest BCUT2D eigenvalue weighted by atomic mass is 9.88. The van der Waals surface area contributed by atoms with E-state index >= 15 is 0 Å². The molecule has 4 nitrogen and oxygen atoms in total. The number of rotatable bonds is 2. The molecule has 0 radical (unpaired) electrons. The lowest BCUT2D eigenvalue weighted by Crippen LogP contribution is -2.70. The van der Waals surface area contributed by atoms with Gasteiger partial charge in [0.05, 0.1) is 0 Å². The Morgan fingerprint density at radius 3 is 2.40 bits per heavy atom. The molecule has 2 fully saturated rings. The van der Waals surface area contributed by atoms with Gasteiger partial charge in [-0.15, -0.1) is 0 Å². The first kappa shape index (κ1) is 10.5. The summed E-state index contributed by atoms with van der Waals surface area (Å²) in [5.41, 5.74) is -0.664. The molecule has 1 saturated carbocycles. The van der Waals surface area contributed by atoms with Crippen LogP contribution in [0.2, 0.25) is 0 Å². The van der Waals surface area contributed by atoms with Crippen molar-refractivity contribution >= 4 is 11.8 Å². The molecule has 4 heteroatoms. The van der Waals surface area contributed by atoms with Crippen molar-refractivity contribution in [3.63, 3.8) is 0 Å². The number of carbonyl (C=O) groups is 2. The van der Waals surface area contributed by atoms with Crippen LogP contribution >= 0.6 is 0 Å². The first-order valence-corrected chi connectivity index (χ1v) is 5.58. The minimum atomic E-state index is -0.664. The monoisotopic (exact) mass is 210 g/mol. The maximum atomic E-state index is 11.9. The zero-order chi connectivity index (χ0) is 11.2. The van der Waals surface area contributed by atoms with Crippen LogP contribution in [0.4, 0.5) is 0 Å². The van der Waals surface area contributed by atoms with Gasteiger partial charge in [0.1, 0.15) is 11.6 Å². The fraction of sp³-hybridized carbons (Fsp3) is 0.818. The van der Waals surface area contributed by atoms with Crippen LogP contribution in [0.5, 0.6) is 0 Å². The molecule has 15 heavy (non-hydrogen) atoms. The summed E-state index contributed by atoms with van der Waals surface area (Å²) in [7, 11) is 0. The highest BCUT2D eigenvalue weighted by Crippen LogP contribution is 2.40. The fourth-order valence-electron chi connectivity index (χ4n) is 2.16. The highest BCUT2D eigenvalue weighted by atomic mass is 16.2. The molecule has 2 unspecified atom stereocenters. The molecule has 2 aliphatic rings. The van der Waals surface area contributed by atoms with Crippen LogP contribution in [-0.4, -0.2) is 23.4 Å². The van der Waals surface area contributed by atoms with Crippen molar-refractivity contribution in [3.8, 4) is 0 Å². The number of hydrogen-bond donors (Lipinski definition) is 2. The second-order valence-corrected chi connectivity index (χ2v) is 5.16. The Morgan fingerprint density at radius 1 is 1.33 bits per heavy atom. The van der Waals surface area contributed by atoms with Crippen molar-refractivity contribution in [1.29, 1.82) is 0 Å². The number of hydrogen-bond acceptors (Lipinski definition) is 2. The summed E-state index contributed by atoms with van der Waals surface area (Å²) in [6, 6.07) is -0.371. The predicted octanol–water partition coefficient (Wildman–Crippen LogP) is 0.426. The topological polar surface area (TPSA) is 58.2 Å². The number of nitrogens with one attached hydrogen (secondary N) is 2. The lowest BCUT2D eigenvalue weighted by Gasteiger charge is -2.38. The number of carbonyl (C=O) groups excluding carboxylic acids is 2. The van der Waals surface area contributed by atoms with Crippen molar-refractivity contribution < 1.29 is 9.59 Å². The maximum absolute atomic E-state index is 11.9. The maximum Gasteiger partial charge on any atom is 0.246 e. The quantitative estimate of drug-likeness (QED) is 0.694. The summed E-state index contributed by atoms with van der Waals surface area (Å²) in [4.78, 5) is 23.7. The third kappa shape index (κ3) is 1.62. The standard InChI is InChI=1S/C11H18N2O2/c1-6(2)8-9(14)13-11(3,7-4-5-7)10(15)12-8/h6-8H,4-5H2,1-3H3,(H,12,15)(H,13,14). The van der Waals surface area contributed by atoms with Crippen LogP contribution in [0.15, 0.2) is 0 Å². The molecule has 1 aliphatic heterocycles. The Morgan fingerprint density at radius 2 is 1.93 bits per heavy atom. The van der Waals surface area contributed by atoms with Crippen molar-refractivity contribution in [2.24, 2.45) is 11.8 Å². The summed E-state index contributed by atoms with van der Waals surface area (Å²) in [5, 5.41) is 5.71. The zero-order valence-electron chi connectivity index (χ0n) is 9.46. The molecule has 1 saturated heterocycles. The van der Waals surface area contributed by atoms with Crippen LogP contribution in [0.1, 0.15) is 33.6 Å². The molecule has 0 spiro atoms. The molecule has 0 aromatic rings. The van der Waals surface area contributed by atoms with Crippen molar-refractivity contribution in [2.75, 3.05) is 0 Å². The van der Waals surface area contributed by atoms with Gasteiger partial charge in [0.2, 0.25) is 11.8 Å². The lowest BCUT2D eigenvalue weighted by molar-refractivity contribution is -0.142. The van der Waals surface area contributed by atoms with Crippen molar-refractivity contribution in [1.82, 2.24) is 10.6 Å². The van der Waals surface area contributed by atoms with Crippen LogP contribution < -0.4 is 10.6 Å². The van der Waals surface area contributed by atoms with E-state index in [1.165, 1.54) is 0 Å². The van der Waals surface area contributed by atoms with Crippen LogP contribution in [0.3, 0.4) is 0 Å². The highest BCUT2D eigenvalue weighted by molar-refractivity contribution is 6.00. The number of piperazine rings is 1. The van der Waals surface area contributed by atoms with Gasteiger partial charge in [-0.2, -0.15) is 0 Å². The van der Waals surface area contributed by atoms with Crippen LogP contribution in [-0.2, 0) is 9.59 Å². The van der Waals surface area contributed by atoms with E-state index in [4.69, 9.17) is 0 Å². The van der Waals surface area contributed by atoms with E-state index in [1.54, 1.807) is 0 Å². The van der Waals surface area contributed by atoms with Gasteiger partial charge < -0.3 is 10.6 Å². The van der Waals surface area contributed by atoms with E-state index in [-0.39, 0.29) is 23.8 Å². The minimum absolute atomic E-state index is 0.0247. The van der Waals surface area contributed by atoms with E-state index in [2.05, 4.69) is 10.6 Å². The van der Waals surface area contributed by atoms with E-state index < -0.39 is 5.54 Å². The molecule has 0 bridgehead atoms.